The molecule has 0 unspecified atom stereocenters. The highest BCUT2D eigenvalue weighted by Crippen LogP contribution is 1.95. The predicted molar refractivity (Wildman–Crippen MR) is 56.5 cm³/mol. The summed E-state index contributed by atoms with van der Waals surface area (Å²) in [5, 5.41) is 3.98. The van der Waals surface area contributed by atoms with Gasteiger partial charge in [-0.3, -0.25) is 14.3 Å². The third-order valence-corrected chi connectivity index (χ3v) is 2.13. The van der Waals surface area contributed by atoms with Crippen molar-refractivity contribution in [2.45, 2.75) is 13.0 Å². The van der Waals surface area contributed by atoms with Crippen molar-refractivity contribution in [2.75, 3.05) is 20.7 Å². The van der Waals surface area contributed by atoms with Crippen LogP contribution in [-0.4, -0.2) is 47.3 Å². The lowest BCUT2D eigenvalue weighted by Gasteiger charge is -2.15. The van der Waals surface area contributed by atoms with E-state index in [4.69, 9.17) is 0 Å². The minimum atomic E-state index is -0.421. The van der Waals surface area contributed by atoms with E-state index in [0.29, 0.717) is 13.0 Å². The quantitative estimate of drug-likeness (QED) is 0.657. The minimum Gasteiger partial charge on any atom is -0.468 e. The van der Waals surface area contributed by atoms with Crippen molar-refractivity contribution >= 4 is 11.9 Å². The summed E-state index contributed by atoms with van der Waals surface area (Å²) in [5.74, 6) is -0.532. The maximum atomic E-state index is 11.6. The number of ether oxygens (including phenoxy) is 1. The standard InChI is InChI=1S/C10H15N3O3/c1-12(8-10(15)16-2)9(14)4-7-13-6-3-5-11-13/h3,5-6H,4,7-8H2,1-2H3. The fraction of sp³-hybridized carbons (Fsp3) is 0.500. The molecule has 1 amide bonds. The van der Waals surface area contributed by atoms with Crippen molar-refractivity contribution in [1.82, 2.24) is 14.7 Å². The first-order valence-electron chi connectivity index (χ1n) is 4.91. The molecule has 88 valence electrons. The van der Waals surface area contributed by atoms with Crippen LogP contribution in [0.1, 0.15) is 6.42 Å². The molecule has 0 aliphatic heterocycles. The summed E-state index contributed by atoms with van der Waals surface area (Å²) in [6.07, 6.45) is 3.76. The second-order valence-corrected chi connectivity index (χ2v) is 3.35. The summed E-state index contributed by atoms with van der Waals surface area (Å²) in [5.41, 5.74) is 0. The van der Waals surface area contributed by atoms with E-state index in [9.17, 15) is 9.59 Å². The third-order valence-electron chi connectivity index (χ3n) is 2.13. The minimum absolute atomic E-state index is 0.0194. The van der Waals surface area contributed by atoms with Crippen molar-refractivity contribution in [3.8, 4) is 0 Å². The Labute approximate surface area is 93.8 Å². The number of carbonyl (C=O) groups is 2. The van der Waals surface area contributed by atoms with Gasteiger partial charge in [-0.25, -0.2) is 0 Å². The van der Waals surface area contributed by atoms with Gasteiger partial charge in [0.2, 0.25) is 5.91 Å². The normalized spacial score (nSPS) is 9.88. The summed E-state index contributed by atoms with van der Waals surface area (Å²) in [6, 6.07) is 1.79. The summed E-state index contributed by atoms with van der Waals surface area (Å²) in [7, 11) is 2.87. The number of methoxy groups -OCH3 is 1. The van der Waals surface area contributed by atoms with Crippen LogP contribution in [0.5, 0.6) is 0 Å². The maximum Gasteiger partial charge on any atom is 0.325 e. The lowest BCUT2D eigenvalue weighted by molar-refractivity contribution is -0.146. The van der Waals surface area contributed by atoms with Gasteiger partial charge in [-0.15, -0.1) is 0 Å². The van der Waals surface area contributed by atoms with Gasteiger partial charge >= 0.3 is 5.97 Å². The molecule has 1 aromatic rings. The number of carbonyl (C=O) groups excluding carboxylic acids is 2. The fourth-order valence-electron chi connectivity index (χ4n) is 1.18. The Kier molecular flexibility index (Phi) is 4.50. The Morgan fingerprint density at radius 3 is 2.81 bits per heavy atom. The molecule has 6 heteroatoms. The summed E-state index contributed by atoms with van der Waals surface area (Å²) >= 11 is 0. The predicted octanol–water partition coefficient (Wildman–Crippen LogP) is -0.0954. The summed E-state index contributed by atoms with van der Waals surface area (Å²) < 4.78 is 6.14. The first-order chi connectivity index (χ1) is 7.63. The summed E-state index contributed by atoms with van der Waals surface area (Å²) in [6.45, 7) is 0.492. The number of likely N-dealkylation sites (N-methyl/N-ethyl adjacent to an activating group) is 1. The van der Waals surface area contributed by atoms with Crippen molar-refractivity contribution < 1.29 is 14.3 Å². The molecule has 0 N–H and O–H groups in total. The number of amides is 1. The first kappa shape index (κ1) is 12.2. The van der Waals surface area contributed by atoms with Gasteiger partial charge in [0.1, 0.15) is 6.54 Å². The van der Waals surface area contributed by atoms with E-state index in [1.807, 2.05) is 0 Å². The SMILES string of the molecule is COC(=O)CN(C)C(=O)CCn1cccn1. The van der Waals surface area contributed by atoms with Crippen LogP contribution in [0.25, 0.3) is 0 Å². The molecule has 0 radical (unpaired) electrons. The van der Waals surface area contributed by atoms with Crippen LogP contribution in [0, 0.1) is 0 Å². The molecule has 1 aromatic heterocycles. The van der Waals surface area contributed by atoms with Crippen LogP contribution in [0.15, 0.2) is 18.5 Å². The number of nitrogens with zero attached hydrogens (tertiary/aromatic N) is 3. The second kappa shape index (κ2) is 5.89. The topological polar surface area (TPSA) is 64.4 Å². The van der Waals surface area contributed by atoms with Gasteiger partial charge in [-0.1, -0.05) is 0 Å². The molecule has 0 saturated carbocycles. The maximum absolute atomic E-state index is 11.6. The average Bonchev–Trinajstić information content (AvgIpc) is 2.78. The van der Waals surface area contributed by atoms with Crippen LogP contribution < -0.4 is 0 Å². The molecular weight excluding hydrogens is 210 g/mol. The Balaban J connectivity index is 2.31. The smallest absolute Gasteiger partial charge is 0.325 e. The Morgan fingerprint density at radius 2 is 2.25 bits per heavy atom. The summed E-state index contributed by atoms with van der Waals surface area (Å²) in [4.78, 5) is 23.8. The number of aromatic nitrogens is 2. The molecule has 1 heterocycles. The average molecular weight is 225 g/mol. The molecule has 0 atom stereocenters. The Hall–Kier alpha value is -1.85. The van der Waals surface area contributed by atoms with Crippen molar-refractivity contribution in [3.63, 3.8) is 0 Å². The Morgan fingerprint density at radius 1 is 1.50 bits per heavy atom. The van der Waals surface area contributed by atoms with Gasteiger partial charge < -0.3 is 9.64 Å². The van der Waals surface area contributed by atoms with Crippen LogP contribution in [-0.2, 0) is 20.9 Å². The van der Waals surface area contributed by atoms with Crippen LogP contribution in [0.3, 0.4) is 0 Å². The molecule has 0 aliphatic carbocycles. The van der Waals surface area contributed by atoms with Crippen LogP contribution >= 0.6 is 0 Å². The van der Waals surface area contributed by atoms with Gasteiger partial charge in [0.05, 0.1) is 7.11 Å². The molecule has 0 saturated heterocycles. The zero-order chi connectivity index (χ0) is 12.0. The molecule has 6 nitrogen and oxygen atoms in total. The van der Waals surface area contributed by atoms with Crippen LogP contribution in [0.4, 0.5) is 0 Å². The first-order valence-corrected chi connectivity index (χ1v) is 4.91. The number of aryl methyl sites for hydroxylation is 1. The molecule has 0 aliphatic rings. The van der Waals surface area contributed by atoms with E-state index >= 15 is 0 Å². The third kappa shape index (κ3) is 3.72. The van der Waals surface area contributed by atoms with Crippen molar-refractivity contribution in [2.24, 2.45) is 0 Å². The zero-order valence-electron chi connectivity index (χ0n) is 9.42. The molecule has 0 fully saturated rings. The number of hydrogen-bond acceptors (Lipinski definition) is 4. The van der Waals surface area contributed by atoms with E-state index in [1.165, 1.54) is 12.0 Å². The van der Waals surface area contributed by atoms with Gasteiger partial charge in [0, 0.05) is 32.4 Å². The van der Waals surface area contributed by atoms with E-state index < -0.39 is 5.97 Å². The molecule has 0 bridgehead atoms. The highest BCUT2D eigenvalue weighted by atomic mass is 16.5. The van der Waals surface area contributed by atoms with Gasteiger partial charge in [0.25, 0.3) is 0 Å². The highest BCUT2D eigenvalue weighted by molar-refractivity contribution is 5.81. The number of rotatable bonds is 5. The van der Waals surface area contributed by atoms with E-state index in [2.05, 4.69) is 9.84 Å². The lowest BCUT2D eigenvalue weighted by atomic mass is 10.3. The van der Waals surface area contributed by atoms with Gasteiger partial charge in [-0.05, 0) is 6.07 Å². The van der Waals surface area contributed by atoms with Gasteiger partial charge in [0.15, 0.2) is 0 Å². The zero-order valence-corrected chi connectivity index (χ0v) is 9.42. The Bertz CT molecular complexity index is 348. The van der Waals surface area contributed by atoms with Crippen LogP contribution in [0.2, 0.25) is 0 Å². The fourth-order valence-corrected chi connectivity index (χ4v) is 1.18. The number of esters is 1. The van der Waals surface area contributed by atoms with E-state index in [-0.39, 0.29) is 12.5 Å². The molecule has 16 heavy (non-hydrogen) atoms. The lowest BCUT2D eigenvalue weighted by Crippen LogP contribution is -2.33. The molecule has 0 spiro atoms. The second-order valence-electron chi connectivity index (χ2n) is 3.35. The highest BCUT2D eigenvalue weighted by Gasteiger charge is 2.12. The van der Waals surface area contributed by atoms with Gasteiger partial charge in [-0.2, -0.15) is 5.10 Å². The molecular formula is C10H15N3O3. The molecule has 1 rings (SSSR count). The van der Waals surface area contributed by atoms with Crippen molar-refractivity contribution in [3.05, 3.63) is 18.5 Å². The van der Waals surface area contributed by atoms with Crippen molar-refractivity contribution in [1.29, 1.82) is 0 Å². The van der Waals surface area contributed by atoms with E-state index in [1.54, 1.807) is 30.2 Å². The van der Waals surface area contributed by atoms with E-state index in [0.717, 1.165) is 0 Å². The largest absolute Gasteiger partial charge is 0.468 e. The molecule has 0 aromatic carbocycles. The number of hydrogen-bond donors (Lipinski definition) is 0. The monoisotopic (exact) mass is 225 g/mol.